The first kappa shape index (κ1) is 14.5. The summed E-state index contributed by atoms with van der Waals surface area (Å²) >= 11 is 0. The molecule has 4 heteroatoms. The topological polar surface area (TPSA) is 41.6 Å². The normalized spacial score (nSPS) is 21.9. The van der Waals surface area contributed by atoms with E-state index in [1.807, 2.05) is 20.8 Å². The summed E-state index contributed by atoms with van der Waals surface area (Å²) in [5.41, 5.74) is -0.320. The van der Waals surface area contributed by atoms with Crippen molar-refractivity contribution in [3.8, 4) is 0 Å². The number of hydrogen-bond acceptors (Lipinski definition) is 3. The van der Waals surface area contributed by atoms with Crippen molar-refractivity contribution in [2.24, 2.45) is 5.41 Å². The average Bonchev–Trinajstić information content (AvgIpc) is 2.27. The number of carbonyl (C=O) groups excluding carboxylic acids is 1. The highest BCUT2D eigenvalue weighted by Crippen LogP contribution is 2.14. The van der Waals surface area contributed by atoms with Gasteiger partial charge in [0, 0.05) is 30.6 Å². The van der Waals surface area contributed by atoms with Gasteiger partial charge in [0.1, 0.15) is 0 Å². The molecule has 0 spiro atoms. The highest BCUT2D eigenvalue weighted by molar-refractivity contribution is 5.81. The third-order valence-corrected chi connectivity index (χ3v) is 3.39. The molecule has 0 saturated carbocycles. The lowest BCUT2D eigenvalue weighted by atomic mass is 9.94. The van der Waals surface area contributed by atoms with E-state index in [1.54, 1.807) is 0 Å². The van der Waals surface area contributed by atoms with Gasteiger partial charge in [0.15, 0.2) is 0 Å². The van der Waals surface area contributed by atoms with Crippen LogP contribution in [-0.2, 0) is 9.53 Å². The summed E-state index contributed by atoms with van der Waals surface area (Å²) in [6.45, 7) is 13.6. The maximum atomic E-state index is 11.9. The molecule has 0 bridgehead atoms. The molecular formula is C13H26N2O2. The Bertz CT molecular complexity index is 255. The fourth-order valence-corrected chi connectivity index (χ4v) is 1.84. The Balaban J connectivity index is 2.46. The molecule has 0 aliphatic carbocycles. The largest absolute Gasteiger partial charge is 0.379 e. The first-order valence-corrected chi connectivity index (χ1v) is 6.45. The van der Waals surface area contributed by atoms with Gasteiger partial charge in [-0.1, -0.05) is 20.8 Å². The Hall–Kier alpha value is -0.610. The summed E-state index contributed by atoms with van der Waals surface area (Å²) in [6.07, 6.45) is 0. The summed E-state index contributed by atoms with van der Waals surface area (Å²) in [5.74, 6) is 0.116. The molecule has 1 fully saturated rings. The Labute approximate surface area is 105 Å². The van der Waals surface area contributed by atoms with Crippen molar-refractivity contribution in [3.05, 3.63) is 0 Å². The Morgan fingerprint density at radius 1 is 1.24 bits per heavy atom. The number of hydrogen-bond donors (Lipinski definition) is 1. The first-order valence-electron chi connectivity index (χ1n) is 6.45. The van der Waals surface area contributed by atoms with E-state index in [2.05, 4.69) is 24.1 Å². The monoisotopic (exact) mass is 242 g/mol. The van der Waals surface area contributed by atoms with Gasteiger partial charge in [-0.15, -0.1) is 0 Å². The van der Waals surface area contributed by atoms with E-state index >= 15 is 0 Å². The molecular weight excluding hydrogens is 216 g/mol. The zero-order chi connectivity index (χ0) is 13.1. The molecule has 2 unspecified atom stereocenters. The molecule has 1 rings (SSSR count). The van der Waals surface area contributed by atoms with Crippen LogP contribution in [0.5, 0.6) is 0 Å². The van der Waals surface area contributed by atoms with Crippen molar-refractivity contribution >= 4 is 5.91 Å². The van der Waals surface area contributed by atoms with Gasteiger partial charge >= 0.3 is 0 Å². The summed E-state index contributed by atoms with van der Waals surface area (Å²) in [7, 11) is 0. The van der Waals surface area contributed by atoms with E-state index in [1.165, 1.54) is 0 Å². The van der Waals surface area contributed by atoms with Crippen molar-refractivity contribution in [1.82, 2.24) is 10.2 Å². The Morgan fingerprint density at radius 3 is 2.24 bits per heavy atom. The van der Waals surface area contributed by atoms with E-state index in [0.29, 0.717) is 6.04 Å². The maximum absolute atomic E-state index is 11.9. The van der Waals surface area contributed by atoms with E-state index in [0.717, 1.165) is 26.3 Å². The van der Waals surface area contributed by atoms with Crippen LogP contribution in [0, 0.1) is 5.41 Å². The number of nitrogens with one attached hydrogen (secondary N) is 1. The number of ether oxygens (including phenoxy) is 1. The highest BCUT2D eigenvalue weighted by Gasteiger charge is 2.27. The smallest absolute Gasteiger partial charge is 0.225 e. The molecule has 0 aromatic heterocycles. The second-order valence-electron chi connectivity index (χ2n) is 5.90. The highest BCUT2D eigenvalue weighted by atomic mass is 16.5. The molecule has 1 heterocycles. The number of amides is 1. The number of carbonyl (C=O) groups is 1. The minimum absolute atomic E-state index is 0.116. The molecule has 1 N–H and O–H groups in total. The lowest BCUT2D eigenvalue weighted by molar-refractivity contribution is -0.129. The predicted molar refractivity (Wildman–Crippen MR) is 68.9 cm³/mol. The van der Waals surface area contributed by atoms with Crippen molar-refractivity contribution in [2.45, 2.75) is 46.7 Å². The first-order chi connectivity index (χ1) is 7.82. The summed E-state index contributed by atoms with van der Waals surface area (Å²) in [4.78, 5) is 14.3. The van der Waals surface area contributed by atoms with Crippen LogP contribution in [0.25, 0.3) is 0 Å². The lowest BCUT2D eigenvalue weighted by Crippen LogP contribution is -2.53. The van der Waals surface area contributed by atoms with Gasteiger partial charge in [0.25, 0.3) is 0 Å². The number of nitrogens with zero attached hydrogens (tertiary/aromatic N) is 1. The van der Waals surface area contributed by atoms with Gasteiger partial charge in [-0.25, -0.2) is 0 Å². The third kappa shape index (κ3) is 4.28. The minimum atomic E-state index is -0.320. The van der Waals surface area contributed by atoms with Crippen LogP contribution in [-0.4, -0.2) is 49.2 Å². The van der Waals surface area contributed by atoms with Gasteiger partial charge in [-0.3, -0.25) is 9.69 Å². The van der Waals surface area contributed by atoms with Crippen molar-refractivity contribution in [2.75, 3.05) is 26.3 Å². The molecule has 100 valence electrons. The zero-order valence-electron chi connectivity index (χ0n) is 11.7. The van der Waals surface area contributed by atoms with Crippen molar-refractivity contribution < 1.29 is 9.53 Å². The fourth-order valence-electron chi connectivity index (χ4n) is 1.84. The van der Waals surface area contributed by atoms with Gasteiger partial charge < -0.3 is 10.1 Å². The summed E-state index contributed by atoms with van der Waals surface area (Å²) < 4.78 is 5.34. The molecule has 17 heavy (non-hydrogen) atoms. The number of morpholine rings is 1. The maximum Gasteiger partial charge on any atom is 0.225 e. The summed E-state index contributed by atoms with van der Waals surface area (Å²) in [5, 5.41) is 3.10. The second-order valence-corrected chi connectivity index (χ2v) is 5.90. The van der Waals surface area contributed by atoms with E-state index < -0.39 is 0 Å². The molecule has 2 atom stereocenters. The predicted octanol–water partition coefficient (Wildman–Crippen LogP) is 1.26. The fraction of sp³-hybridized carbons (Fsp3) is 0.923. The van der Waals surface area contributed by atoms with Crippen molar-refractivity contribution in [1.29, 1.82) is 0 Å². The summed E-state index contributed by atoms with van der Waals surface area (Å²) in [6, 6.07) is 0.519. The van der Waals surface area contributed by atoms with Crippen LogP contribution >= 0.6 is 0 Å². The molecule has 1 aliphatic rings. The molecule has 0 aromatic carbocycles. The number of rotatable bonds is 3. The lowest BCUT2D eigenvalue weighted by Gasteiger charge is -2.36. The molecule has 1 saturated heterocycles. The van der Waals surface area contributed by atoms with Crippen LogP contribution in [0.15, 0.2) is 0 Å². The van der Waals surface area contributed by atoms with Gasteiger partial charge in [0.05, 0.1) is 13.2 Å². The Morgan fingerprint density at radius 2 is 1.76 bits per heavy atom. The van der Waals surface area contributed by atoms with E-state index in [-0.39, 0.29) is 17.4 Å². The molecule has 0 radical (unpaired) electrons. The van der Waals surface area contributed by atoms with Crippen LogP contribution in [0.4, 0.5) is 0 Å². The molecule has 0 aromatic rings. The molecule has 4 nitrogen and oxygen atoms in total. The standard InChI is InChI=1S/C13H26N2O2/c1-10(14-12(16)13(3,4)5)11(2)15-6-8-17-9-7-15/h10-11H,6-9H2,1-5H3,(H,14,16). The van der Waals surface area contributed by atoms with E-state index in [9.17, 15) is 4.79 Å². The van der Waals surface area contributed by atoms with Crippen molar-refractivity contribution in [3.63, 3.8) is 0 Å². The van der Waals surface area contributed by atoms with Crippen LogP contribution in [0.2, 0.25) is 0 Å². The van der Waals surface area contributed by atoms with Crippen LogP contribution in [0.1, 0.15) is 34.6 Å². The van der Waals surface area contributed by atoms with Gasteiger partial charge in [-0.2, -0.15) is 0 Å². The van der Waals surface area contributed by atoms with Crippen LogP contribution < -0.4 is 5.32 Å². The van der Waals surface area contributed by atoms with E-state index in [4.69, 9.17) is 4.74 Å². The van der Waals surface area contributed by atoms with Crippen LogP contribution in [0.3, 0.4) is 0 Å². The van der Waals surface area contributed by atoms with Gasteiger partial charge in [-0.05, 0) is 13.8 Å². The molecule has 1 amide bonds. The minimum Gasteiger partial charge on any atom is -0.379 e. The second kappa shape index (κ2) is 5.83. The Kier molecular flexibility index (Phi) is 4.95. The quantitative estimate of drug-likeness (QED) is 0.810. The SMILES string of the molecule is CC(NC(=O)C(C)(C)C)C(C)N1CCOCC1. The van der Waals surface area contributed by atoms with Gasteiger partial charge in [0.2, 0.25) is 5.91 Å². The molecule has 1 aliphatic heterocycles. The zero-order valence-corrected chi connectivity index (χ0v) is 11.7. The third-order valence-electron chi connectivity index (χ3n) is 3.39. The average molecular weight is 242 g/mol.